The van der Waals surface area contributed by atoms with Crippen molar-refractivity contribution in [1.82, 2.24) is 0 Å². The molecular weight excluding hydrogens is 362 g/mol. The molecule has 142 valence electrons. The Labute approximate surface area is 172 Å². The van der Waals surface area contributed by atoms with Gasteiger partial charge in [0, 0.05) is 27.1 Å². The van der Waals surface area contributed by atoms with E-state index in [4.69, 9.17) is 17.3 Å². The molecule has 0 aromatic heterocycles. The van der Waals surface area contributed by atoms with Crippen molar-refractivity contribution in [2.75, 3.05) is 5.73 Å². The predicted octanol–water partition coefficient (Wildman–Crippen LogP) is 7.40. The monoisotopic (exact) mass is 387 g/mol. The van der Waals surface area contributed by atoms with Gasteiger partial charge in [-0.2, -0.15) is 0 Å². The third kappa shape index (κ3) is 2.95. The van der Waals surface area contributed by atoms with Crippen LogP contribution in [0.3, 0.4) is 0 Å². The summed E-state index contributed by atoms with van der Waals surface area (Å²) in [7, 11) is 0. The van der Waals surface area contributed by atoms with Gasteiger partial charge in [0.1, 0.15) is 0 Å². The number of benzene rings is 3. The molecule has 2 N–H and O–H groups in total. The van der Waals surface area contributed by atoms with Crippen LogP contribution >= 0.6 is 11.6 Å². The van der Waals surface area contributed by atoms with Gasteiger partial charge in [0.05, 0.1) is 0 Å². The Hall–Kier alpha value is -2.51. The van der Waals surface area contributed by atoms with Gasteiger partial charge in [0.15, 0.2) is 0 Å². The van der Waals surface area contributed by atoms with Crippen LogP contribution in [0, 0.1) is 5.41 Å². The summed E-state index contributed by atoms with van der Waals surface area (Å²) in [6.07, 6.45) is 7.74. The first kappa shape index (κ1) is 18.8. The maximum Gasteiger partial charge on any atom is 0.0474 e. The summed E-state index contributed by atoms with van der Waals surface area (Å²) in [5.74, 6) is 0. The van der Waals surface area contributed by atoms with Crippen molar-refractivity contribution in [2.24, 2.45) is 5.41 Å². The van der Waals surface area contributed by atoms with Crippen molar-refractivity contribution in [3.63, 3.8) is 0 Å². The Kier molecular flexibility index (Phi) is 4.59. The van der Waals surface area contributed by atoms with Gasteiger partial charge in [-0.15, -0.1) is 0 Å². The van der Waals surface area contributed by atoms with E-state index in [1.807, 2.05) is 18.2 Å². The van der Waals surface area contributed by atoms with E-state index in [1.54, 1.807) is 0 Å². The molecule has 1 aliphatic carbocycles. The lowest BCUT2D eigenvalue weighted by Gasteiger charge is -2.45. The van der Waals surface area contributed by atoms with Crippen LogP contribution < -0.4 is 5.73 Å². The number of hydrogen-bond donors (Lipinski definition) is 1. The highest BCUT2D eigenvalue weighted by molar-refractivity contribution is 6.33. The number of nitrogens with two attached hydrogens (primary N) is 1. The lowest BCUT2D eigenvalue weighted by molar-refractivity contribution is 0.238. The number of nitrogen functional groups attached to an aromatic ring is 1. The molecule has 1 aliphatic rings. The van der Waals surface area contributed by atoms with Crippen molar-refractivity contribution < 1.29 is 0 Å². The molecule has 28 heavy (non-hydrogen) atoms. The Balaban J connectivity index is 1.89. The normalized spacial score (nSPS) is 19.6. The first-order valence-electron chi connectivity index (χ1n) is 9.75. The van der Waals surface area contributed by atoms with E-state index < -0.39 is 0 Å². The van der Waals surface area contributed by atoms with Crippen LogP contribution in [0.15, 0.2) is 78.9 Å². The molecule has 0 bridgehead atoms. The third-order valence-corrected chi connectivity index (χ3v) is 6.42. The van der Waals surface area contributed by atoms with E-state index in [1.165, 1.54) is 11.1 Å². The molecule has 4 rings (SSSR count). The molecule has 0 heterocycles. The second-order valence-electron chi connectivity index (χ2n) is 8.65. The summed E-state index contributed by atoms with van der Waals surface area (Å²) in [6, 6.07) is 20.8. The minimum Gasteiger partial charge on any atom is -0.398 e. The summed E-state index contributed by atoms with van der Waals surface area (Å²) in [6.45, 7) is 6.80. The quantitative estimate of drug-likeness (QED) is 0.455. The van der Waals surface area contributed by atoms with E-state index in [9.17, 15) is 0 Å². The van der Waals surface area contributed by atoms with Gasteiger partial charge in [-0.1, -0.05) is 105 Å². The molecule has 1 unspecified atom stereocenters. The zero-order chi connectivity index (χ0) is 19.9. The first-order chi connectivity index (χ1) is 13.3. The first-order valence-corrected chi connectivity index (χ1v) is 10.1. The summed E-state index contributed by atoms with van der Waals surface area (Å²) in [4.78, 5) is 0. The maximum atomic E-state index is 6.86. The molecule has 0 spiro atoms. The minimum atomic E-state index is -0.267. The van der Waals surface area contributed by atoms with Gasteiger partial charge in [-0.3, -0.25) is 0 Å². The van der Waals surface area contributed by atoms with Gasteiger partial charge in [-0.05, 0) is 34.4 Å². The Morgan fingerprint density at radius 3 is 2.29 bits per heavy atom. The fourth-order valence-electron chi connectivity index (χ4n) is 4.39. The van der Waals surface area contributed by atoms with Crippen molar-refractivity contribution in [1.29, 1.82) is 0 Å². The lowest BCUT2D eigenvalue weighted by atomic mass is 9.58. The number of halogens is 1. The van der Waals surface area contributed by atoms with Crippen LogP contribution in [0.4, 0.5) is 5.69 Å². The summed E-state index contributed by atoms with van der Waals surface area (Å²) >= 11 is 6.86. The summed E-state index contributed by atoms with van der Waals surface area (Å²) in [5, 5.41) is 2.89. The van der Waals surface area contributed by atoms with E-state index >= 15 is 0 Å². The third-order valence-electron chi connectivity index (χ3n) is 6.12. The number of allylic oxidation sites excluding steroid dienone is 4. The van der Waals surface area contributed by atoms with Crippen LogP contribution in [0.2, 0.25) is 5.02 Å². The molecule has 0 radical (unpaired) electrons. The van der Waals surface area contributed by atoms with Gasteiger partial charge in [0.25, 0.3) is 0 Å². The zero-order valence-corrected chi connectivity index (χ0v) is 17.4. The van der Waals surface area contributed by atoms with Gasteiger partial charge in [-0.25, -0.2) is 0 Å². The van der Waals surface area contributed by atoms with Crippen LogP contribution in [0.5, 0.6) is 0 Å². The number of anilines is 1. The van der Waals surface area contributed by atoms with Gasteiger partial charge in [0.2, 0.25) is 0 Å². The van der Waals surface area contributed by atoms with E-state index in [2.05, 4.69) is 81.5 Å². The number of rotatable bonds is 2. The molecule has 0 amide bonds. The van der Waals surface area contributed by atoms with Crippen LogP contribution in [0.1, 0.15) is 38.3 Å². The summed E-state index contributed by atoms with van der Waals surface area (Å²) in [5.41, 5.74) is 10.7. The molecule has 0 aliphatic heterocycles. The molecule has 3 aromatic carbocycles. The van der Waals surface area contributed by atoms with Crippen molar-refractivity contribution >= 4 is 33.6 Å². The standard InChI is InChI=1S/C26H26ClN/c1-25(2,3)26(15-13-19(14-16-26)18-9-5-4-6-10-18)23-22(27)17-20-11-7-8-12-21(20)24(23)28/h4-15,17H,16,28H2,1-3H3. The fraction of sp³-hybridized carbons (Fsp3) is 0.231. The zero-order valence-electron chi connectivity index (χ0n) is 16.7. The molecular formula is C26H26ClN. The van der Waals surface area contributed by atoms with Crippen molar-refractivity contribution in [3.8, 4) is 0 Å². The van der Waals surface area contributed by atoms with E-state index in [-0.39, 0.29) is 10.8 Å². The van der Waals surface area contributed by atoms with Gasteiger partial charge < -0.3 is 5.73 Å². The average Bonchev–Trinajstić information content (AvgIpc) is 2.68. The number of fused-ring (bicyclic) bond motifs is 1. The van der Waals surface area contributed by atoms with Gasteiger partial charge >= 0.3 is 0 Å². The highest BCUT2D eigenvalue weighted by Gasteiger charge is 2.44. The molecule has 1 nitrogen and oxygen atoms in total. The second kappa shape index (κ2) is 6.83. The summed E-state index contributed by atoms with van der Waals surface area (Å²) < 4.78 is 0. The molecule has 2 heteroatoms. The number of hydrogen-bond acceptors (Lipinski definition) is 1. The molecule has 0 saturated carbocycles. The maximum absolute atomic E-state index is 6.86. The molecule has 1 atom stereocenters. The largest absolute Gasteiger partial charge is 0.398 e. The highest BCUT2D eigenvalue weighted by Crippen LogP contribution is 2.53. The topological polar surface area (TPSA) is 26.0 Å². The minimum absolute atomic E-state index is 0.0531. The molecule has 0 fully saturated rings. The molecule has 0 saturated heterocycles. The van der Waals surface area contributed by atoms with Crippen LogP contribution in [0.25, 0.3) is 16.3 Å². The Morgan fingerprint density at radius 2 is 1.64 bits per heavy atom. The second-order valence-corrected chi connectivity index (χ2v) is 9.06. The van der Waals surface area contributed by atoms with Crippen molar-refractivity contribution in [2.45, 2.75) is 32.6 Å². The van der Waals surface area contributed by atoms with Crippen LogP contribution in [-0.4, -0.2) is 0 Å². The lowest BCUT2D eigenvalue weighted by Crippen LogP contribution is -2.40. The van der Waals surface area contributed by atoms with Crippen LogP contribution in [-0.2, 0) is 5.41 Å². The Bertz CT molecular complexity index is 1090. The molecule has 3 aromatic rings. The smallest absolute Gasteiger partial charge is 0.0474 e. The van der Waals surface area contributed by atoms with E-state index in [0.717, 1.165) is 33.5 Å². The Morgan fingerprint density at radius 1 is 0.964 bits per heavy atom. The predicted molar refractivity (Wildman–Crippen MR) is 123 cm³/mol. The van der Waals surface area contributed by atoms with E-state index in [0.29, 0.717) is 0 Å². The SMILES string of the molecule is CC(C)(C)C1(c2c(Cl)cc3ccccc3c2N)C=CC(c2ccccc2)=CC1. The average molecular weight is 388 g/mol. The fourth-order valence-corrected chi connectivity index (χ4v) is 4.78. The van der Waals surface area contributed by atoms with Crippen molar-refractivity contribution in [3.05, 3.63) is 95.0 Å². The highest BCUT2D eigenvalue weighted by atomic mass is 35.5.